The van der Waals surface area contributed by atoms with E-state index in [-0.39, 0.29) is 29.8 Å². The van der Waals surface area contributed by atoms with Crippen LogP contribution in [0.4, 0.5) is 0 Å². The molecule has 0 aliphatic heterocycles. The van der Waals surface area contributed by atoms with Gasteiger partial charge in [0, 0.05) is 19.7 Å². The molecule has 6 heteroatoms. The molecule has 1 amide bonds. The molecule has 0 aromatic rings. The first kappa shape index (κ1) is 15.3. The molecule has 0 spiro atoms. The summed E-state index contributed by atoms with van der Waals surface area (Å²) in [6.07, 6.45) is 3.06. The van der Waals surface area contributed by atoms with E-state index in [9.17, 15) is 14.7 Å². The van der Waals surface area contributed by atoms with E-state index in [1.807, 2.05) is 0 Å². The minimum atomic E-state index is -0.735. The van der Waals surface area contributed by atoms with Gasteiger partial charge in [-0.05, 0) is 38.0 Å². The van der Waals surface area contributed by atoms with E-state index in [1.165, 1.54) is 0 Å². The number of nitrogens with one attached hydrogen (secondary N) is 2. The summed E-state index contributed by atoms with van der Waals surface area (Å²) in [6, 6.07) is -0.451. The lowest BCUT2D eigenvalue weighted by Gasteiger charge is -2.31. The van der Waals surface area contributed by atoms with Gasteiger partial charge in [0.2, 0.25) is 5.91 Å². The number of aliphatic carboxylic acids is 1. The SMILES string of the molecule is COCCNC(=O)C(C)NC1C2CCC(C2)C1C(=O)O. The fourth-order valence-corrected chi connectivity index (χ4v) is 3.68. The first-order valence-corrected chi connectivity index (χ1v) is 7.30. The van der Waals surface area contributed by atoms with E-state index in [0.29, 0.717) is 19.1 Å². The highest BCUT2D eigenvalue weighted by atomic mass is 16.5. The predicted octanol–water partition coefficient (Wildman–Crippen LogP) is 0.226. The van der Waals surface area contributed by atoms with Gasteiger partial charge in [-0.1, -0.05) is 0 Å². The van der Waals surface area contributed by atoms with Crippen molar-refractivity contribution in [3.63, 3.8) is 0 Å². The normalized spacial score (nSPS) is 33.1. The third-order valence-corrected chi connectivity index (χ3v) is 4.64. The molecule has 2 rings (SSSR count). The molecule has 2 aliphatic rings. The van der Waals surface area contributed by atoms with Gasteiger partial charge in [0.25, 0.3) is 0 Å². The summed E-state index contributed by atoms with van der Waals surface area (Å²) in [5.41, 5.74) is 0. The van der Waals surface area contributed by atoms with Gasteiger partial charge in [0.1, 0.15) is 0 Å². The molecule has 5 unspecified atom stereocenters. The highest BCUT2D eigenvalue weighted by Crippen LogP contribution is 2.48. The van der Waals surface area contributed by atoms with Crippen LogP contribution in [0.1, 0.15) is 26.2 Å². The van der Waals surface area contributed by atoms with E-state index in [1.54, 1.807) is 14.0 Å². The molecule has 0 radical (unpaired) electrons. The third kappa shape index (κ3) is 3.12. The van der Waals surface area contributed by atoms with Crippen molar-refractivity contribution in [2.24, 2.45) is 17.8 Å². The Morgan fingerprint density at radius 3 is 2.70 bits per heavy atom. The lowest BCUT2D eigenvalue weighted by molar-refractivity contribution is -0.145. The van der Waals surface area contributed by atoms with Crippen molar-refractivity contribution < 1.29 is 19.4 Å². The molecule has 2 saturated carbocycles. The van der Waals surface area contributed by atoms with Gasteiger partial charge in [-0.3, -0.25) is 9.59 Å². The zero-order valence-electron chi connectivity index (χ0n) is 12.1. The van der Waals surface area contributed by atoms with Crippen molar-refractivity contribution >= 4 is 11.9 Å². The van der Waals surface area contributed by atoms with E-state index >= 15 is 0 Å². The van der Waals surface area contributed by atoms with E-state index in [4.69, 9.17) is 4.74 Å². The number of methoxy groups -OCH3 is 1. The van der Waals surface area contributed by atoms with Crippen LogP contribution in [0.3, 0.4) is 0 Å². The van der Waals surface area contributed by atoms with Crippen molar-refractivity contribution in [2.75, 3.05) is 20.3 Å². The number of amides is 1. The zero-order valence-corrected chi connectivity index (χ0v) is 12.1. The average Bonchev–Trinajstić information content (AvgIpc) is 2.99. The van der Waals surface area contributed by atoms with E-state index < -0.39 is 5.97 Å². The van der Waals surface area contributed by atoms with E-state index in [0.717, 1.165) is 19.3 Å². The Morgan fingerprint density at radius 1 is 1.35 bits per heavy atom. The number of hydrogen-bond donors (Lipinski definition) is 3. The Labute approximate surface area is 119 Å². The van der Waals surface area contributed by atoms with Gasteiger partial charge < -0.3 is 20.5 Å². The lowest BCUT2D eigenvalue weighted by Crippen LogP contribution is -2.52. The largest absolute Gasteiger partial charge is 0.481 e. The number of carbonyl (C=O) groups is 2. The fourth-order valence-electron chi connectivity index (χ4n) is 3.68. The molecule has 2 aliphatic carbocycles. The summed E-state index contributed by atoms with van der Waals surface area (Å²) in [5.74, 6) is -0.507. The van der Waals surface area contributed by atoms with Gasteiger partial charge in [-0.25, -0.2) is 0 Å². The van der Waals surface area contributed by atoms with Gasteiger partial charge in [0.05, 0.1) is 18.6 Å². The minimum absolute atomic E-state index is 0.0746. The molecule has 0 aromatic heterocycles. The number of rotatable bonds is 7. The van der Waals surface area contributed by atoms with Crippen LogP contribution >= 0.6 is 0 Å². The number of carboxylic acid groups (broad SMARTS) is 1. The molecule has 114 valence electrons. The number of carbonyl (C=O) groups excluding carboxylic acids is 1. The fraction of sp³-hybridized carbons (Fsp3) is 0.857. The molecule has 2 fully saturated rings. The monoisotopic (exact) mass is 284 g/mol. The summed E-state index contributed by atoms with van der Waals surface area (Å²) in [5, 5.41) is 15.4. The summed E-state index contributed by atoms with van der Waals surface area (Å²) in [7, 11) is 1.58. The number of fused-ring (bicyclic) bond motifs is 2. The zero-order chi connectivity index (χ0) is 14.7. The second-order valence-electron chi connectivity index (χ2n) is 5.90. The molecular weight excluding hydrogens is 260 g/mol. The Morgan fingerprint density at radius 2 is 2.05 bits per heavy atom. The van der Waals surface area contributed by atoms with Crippen LogP contribution < -0.4 is 10.6 Å². The standard InChI is InChI=1S/C14H24N2O4/c1-8(13(17)15-5-6-20-2)16-12-10-4-3-9(7-10)11(12)14(18)19/h8-12,16H,3-7H2,1-2H3,(H,15,17)(H,18,19). The molecule has 0 heterocycles. The molecule has 20 heavy (non-hydrogen) atoms. The Balaban J connectivity index is 1.88. The summed E-state index contributed by atoms with van der Waals surface area (Å²) >= 11 is 0. The quantitative estimate of drug-likeness (QED) is 0.582. The predicted molar refractivity (Wildman–Crippen MR) is 73.2 cm³/mol. The molecule has 5 atom stereocenters. The maximum atomic E-state index is 11.9. The third-order valence-electron chi connectivity index (χ3n) is 4.64. The maximum absolute atomic E-state index is 11.9. The van der Waals surface area contributed by atoms with Gasteiger partial charge in [-0.2, -0.15) is 0 Å². The average molecular weight is 284 g/mol. The smallest absolute Gasteiger partial charge is 0.308 e. The van der Waals surface area contributed by atoms with Crippen LogP contribution in [-0.2, 0) is 14.3 Å². The first-order chi connectivity index (χ1) is 9.54. The number of hydrogen-bond acceptors (Lipinski definition) is 4. The van der Waals surface area contributed by atoms with Crippen LogP contribution in [-0.4, -0.2) is 49.3 Å². The summed E-state index contributed by atoms with van der Waals surface area (Å²) in [6.45, 7) is 2.73. The first-order valence-electron chi connectivity index (χ1n) is 7.30. The van der Waals surface area contributed by atoms with Gasteiger partial charge in [-0.15, -0.1) is 0 Å². The highest BCUT2D eigenvalue weighted by Gasteiger charge is 2.51. The molecule has 2 bridgehead atoms. The number of ether oxygens (including phenoxy) is 1. The van der Waals surface area contributed by atoms with Crippen LogP contribution in [0.25, 0.3) is 0 Å². The molecular formula is C14H24N2O4. The van der Waals surface area contributed by atoms with Crippen molar-refractivity contribution in [1.82, 2.24) is 10.6 Å². The summed E-state index contributed by atoms with van der Waals surface area (Å²) in [4.78, 5) is 23.3. The Kier molecular flexibility index (Phi) is 4.99. The topological polar surface area (TPSA) is 87.7 Å². The molecule has 3 N–H and O–H groups in total. The maximum Gasteiger partial charge on any atom is 0.308 e. The highest BCUT2D eigenvalue weighted by molar-refractivity contribution is 5.81. The van der Waals surface area contributed by atoms with Gasteiger partial charge in [0.15, 0.2) is 0 Å². The van der Waals surface area contributed by atoms with Crippen LogP contribution in [0.2, 0.25) is 0 Å². The number of carboxylic acids is 1. The Bertz CT molecular complexity index is 374. The van der Waals surface area contributed by atoms with Crippen molar-refractivity contribution in [3.8, 4) is 0 Å². The molecule has 0 aromatic carbocycles. The van der Waals surface area contributed by atoms with Crippen molar-refractivity contribution in [2.45, 2.75) is 38.3 Å². The van der Waals surface area contributed by atoms with Gasteiger partial charge >= 0.3 is 5.97 Å². The summed E-state index contributed by atoms with van der Waals surface area (Å²) < 4.78 is 4.88. The van der Waals surface area contributed by atoms with E-state index in [2.05, 4.69) is 10.6 Å². The Hall–Kier alpha value is -1.14. The van der Waals surface area contributed by atoms with Crippen LogP contribution in [0, 0.1) is 17.8 Å². The van der Waals surface area contributed by atoms with Crippen LogP contribution in [0.15, 0.2) is 0 Å². The molecule has 0 saturated heterocycles. The van der Waals surface area contributed by atoms with Crippen molar-refractivity contribution in [1.29, 1.82) is 0 Å². The van der Waals surface area contributed by atoms with Crippen LogP contribution in [0.5, 0.6) is 0 Å². The molecule has 6 nitrogen and oxygen atoms in total. The second-order valence-corrected chi connectivity index (χ2v) is 5.90. The second kappa shape index (κ2) is 6.54. The minimum Gasteiger partial charge on any atom is -0.481 e. The van der Waals surface area contributed by atoms with Crippen molar-refractivity contribution in [3.05, 3.63) is 0 Å². The lowest BCUT2D eigenvalue weighted by atomic mass is 9.84.